The van der Waals surface area contributed by atoms with E-state index < -0.39 is 30.1 Å². The monoisotopic (exact) mass is 384 g/mol. The highest BCUT2D eigenvalue weighted by molar-refractivity contribution is 6.05. The van der Waals surface area contributed by atoms with Crippen LogP contribution in [-0.4, -0.2) is 58.2 Å². The highest BCUT2D eigenvalue weighted by Gasteiger charge is 2.55. The van der Waals surface area contributed by atoms with Crippen LogP contribution in [0.5, 0.6) is 0 Å². The summed E-state index contributed by atoms with van der Waals surface area (Å²) >= 11 is 0. The maximum atomic E-state index is 12.5. The fourth-order valence-corrected chi connectivity index (χ4v) is 3.09. The quantitative estimate of drug-likeness (QED) is 0.246. The summed E-state index contributed by atoms with van der Waals surface area (Å²) in [5, 5.41) is 9.78. The zero-order chi connectivity index (χ0) is 20.3. The molecule has 0 spiro atoms. The van der Waals surface area contributed by atoms with E-state index >= 15 is 0 Å². The number of ether oxygens (including phenoxy) is 2. The van der Waals surface area contributed by atoms with Crippen molar-refractivity contribution in [2.45, 2.75) is 19.3 Å². The number of aliphatic hydroxyl groups is 1. The van der Waals surface area contributed by atoms with E-state index in [9.17, 15) is 19.5 Å². The third-order valence-electron chi connectivity index (χ3n) is 4.47. The van der Waals surface area contributed by atoms with E-state index in [-0.39, 0.29) is 24.7 Å². The Morgan fingerprint density at radius 2 is 2.32 bits per heavy atom. The number of β-lactam (4-membered cyclic amide) rings is 1. The minimum Gasteiger partial charge on any atom is -0.457 e. The molecule has 0 unspecified atom stereocenters. The predicted molar refractivity (Wildman–Crippen MR) is 97.6 cm³/mol. The van der Waals surface area contributed by atoms with Crippen LogP contribution in [0.2, 0.25) is 0 Å². The minimum absolute atomic E-state index is 0.00694. The van der Waals surface area contributed by atoms with Crippen molar-refractivity contribution in [3.63, 3.8) is 0 Å². The van der Waals surface area contributed by atoms with Gasteiger partial charge >= 0.3 is 5.97 Å². The highest BCUT2D eigenvalue weighted by atomic mass is 16.5. The third-order valence-corrected chi connectivity index (χ3v) is 4.47. The molecule has 2 aliphatic rings. The van der Waals surface area contributed by atoms with E-state index in [4.69, 9.17) is 9.47 Å². The molecule has 1 saturated heterocycles. The second-order valence-electron chi connectivity index (χ2n) is 6.38. The molecule has 28 heavy (non-hydrogen) atoms. The minimum atomic E-state index is -0.913. The van der Waals surface area contributed by atoms with Gasteiger partial charge in [0.2, 0.25) is 5.91 Å². The normalized spacial score (nSPS) is 22.5. The Hall–Kier alpha value is -3.10. The van der Waals surface area contributed by atoms with E-state index in [1.807, 2.05) is 0 Å². The predicted octanol–water partition coefficient (Wildman–Crippen LogP) is 0.999. The van der Waals surface area contributed by atoms with E-state index in [1.54, 1.807) is 18.3 Å². The fraction of sp³-hybridized carbons (Fsp3) is 0.300. The van der Waals surface area contributed by atoms with E-state index in [0.29, 0.717) is 11.1 Å². The van der Waals surface area contributed by atoms with Crippen LogP contribution in [0, 0.1) is 5.92 Å². The number of carbonyl (C=O) groups is 3. The zero-order valence-corrected chi connectivity index (χ0v) is 15.3. The molecule has 146 valence electrons. The Bertz CT molecular complexity index is 859. The van der Waals surface area contributed by atoms with Gasteiger partial charge in [-0.1, -0.05) is 18.7 Å². The molecule has 0 aliphatic carbocycles. The lowest BCUT2D eigenvalue weighted by Crippen LogP contribution is -2.67. The molecule has 0 aromatic carbocycles. The van der Waals surface area contributed by atoms with Crippen molar-refractivity contribution in [1.82, 2.24) is 9.88 Å². The summed E-state index contributed by atoms with van der Waals surface area (Å²) in [4.78, 5) is 42.3. The molecule has 8 nitrogen and oxygen atoms in total. The van der Waals surface area contributed by atoms with Crippen LogP contribution in [-0.2, 0) is 19.1 Å². The molecule has 3 heterocycles. The van der Waals surface area contributed by atoms with E-state index in [0.717, 1.165) is 0 Å². The number of ketones is 1. The number of amides is 1. The maximum Gasteiger partial charge on any atom is 0.355 e. The van der Waals surface area contributed by atoms with Crippen molar-refractivity contribution >= 4 is 17.7 Å². The van der Waals surface area contributed by atoms with Gasteiger partial charge in [-0.05, 0) is 25.1 Å². The van der Waals surface area contributed by atoms with Gasteiger partial charge in [0.15, 0.2) is 12.0 Å². The zero-order valence-electron chi connectivity index (χ0n) is 15.3. The molecular weight excluding hydrogens is 364 g/mol. The summed E-state index contributed by atoms with van der Waals surface area (Å²) in [5.74, 6) is -2.21. The molecule has 1 amide bonds. The van der Waals surface area contributed by atoms with Crippen LogP contribution >= 0.6 is 0 Å². The van der Waals surface area contributed by atoms with Gasteiger partial charge in [-0.2, -0.15) is 0 Å². The van der Waals surface area contributed by atoms with Crippen LogP contribution < -0.4 is 0 Å². The summed E-state index contributed by atoms with van der Waals surface area (Å²) in [7, 11) is 0. The van der Waals surface area contributed by atoms with Crippen LogP contribution in [0.3, 0.4) is 0 Å². The highest BCUT2D eigenvalue weighted by Crippen LogP contribution is 2.39. The summed E-state index contributed by atoms with van der Waals surface area (Å²) in [6.07, 6.45) is 5.45. The Balaban J connectivity index is 1.90. The van der Waals surface area contributed by atoms with Gasteiger partial charge in [0.1, 0.15) is 18.2 Å². The SMILES string of the molecule is C=CCOC(=O)C1=C(/C=C/C(=O)c2cccnc2)CO[C@@H]2[C@@H]([C@@H](C)O)C(=O)N12. The van der Waals surface area contributed by atoms with Crippen LogP contribution in [0.4, 0.5) is 0 Å². The van der Waals surface area contributed by atoms with Crippen LogP contribution in [0.25, 0.3) is 0 Å². The first-order valence-electron chi connectivity index (χ1n) is 8.72. The lowest BCUT2D eigenvalue weighted by Gasteiger charge is -2.50. The largest absolute Gasteiger partial charge is 0.457 e. The molecule has 1 aromatic rings. The third kappa shape index (κ3) is 3.64. The van der Waals surface area contributed by atoms with E-state index in [1.165, 1.54) is 36.2 Å². The second kappa shape index (κ2) is 8.28. The standard InChI is InChI=1S/C20H20N2O6/c1-3-9-27-20(26)17-14(6-7-15(24)13-5-4-8-21-10-13)11-28-19-16(12(2)23)18(25)22(17)19/h3-8,10,12,16,19,23H,1,9,11H2,2H3/b7-6+/t12-,16+,19-/m1/s1. The molecule has 1 N–H and O–H groups in total. The number of aromatic nitrogens is 1. The maximum absolute atomic E-state index is 12.5. The topological polar surface area (TPSA) is 106 Å². The summed E-state index contributed by atoms with van der Waals surface area (Å²) in [6.45, 7) is 4.95. The molecule has 3 atom stereocenters. The number of carbonyl (C=O) groups excluding carboxylic acids is 3. The number of hydrogen-bond donors (Lipinski definition) is 1. The molecule has 1 fully saturated rings. The molecule has 0 saturated carbocycles. The van der Waals surface area contributed by atoms with Crippen molar-refractivity contribution in [2.24, 2.45) is 5.92 Å². The molecular formula is C20H20N2O6. The molecule has 3 rings (SSSR count). The number of aliphatic hydroxyl groups excluding tert-OH is 1. The molecule has 8 heteroatoms. The Morgan fingerprint density at radius 1 is 1.54 bits per heavy atom. The van der Waals surface area contributed by atoms with Gasteiger partial charge in [0.25, 0.3) is 0 Å². The van der Waals surface area contributed by atoms with Gasteiger partial charge in [0, 0.05) is 23.5 Å². The average molecular weight is 384 g/mol. The van der Waals surface area contributed by atoms with Crippen LogP contribution in [0.1, 0.15) is 17.3 Å². The van der Waals surface area contributed by atoms with Gasteiger partial charge in [0.05, 0.1) is 12.7 Å². The molecule has 0 bridgehead atoms. The van der Waals surface area contributed by atoms with Crippen LogP contribution in [0.15, 0.2) is 60.6 Å². The van der Waals surface area contributed by atoms with Crippen molar-refractivity contribution in [3.05, 3.63) is 66.2 Å². The number of hydrogen-bond acceptors (Lipinski definition) is 7. The Kier molecular flexibility index (Phi) is 5.81. The van der Waals surface area contributed by atoms with Gasteiger partial charge in [-0.3, -0.25) is 19.5 Å². The average Bonchev–Trinajstić information content (AvgIpc) is 2.69. The summed E-state index contributed by atoms with van der Waals surface area (Å²) in [6, 6.07) is 3.26. The molecule has 2 aliphatic heterocycles. The van der Waals surface area contributed by atoms with Gasteiger partial charge in [-0.15, -0.1) is 0 Å². The van der Waals surface area contributed by atoms with Crippen molar-refractivity contribution in [1.29, 1.82) is 0 Å². The first kappa shape index (κ1) is 19.7. The Morgan fingerprint density at radius 3 is 2.96 bits per heavy atom. The van der Waals surface area contributed by atoms with Crippen molar-refractivity contribution in [2.75, 3.05) is 13.2 Å². The number of nitrogens with zero attached hydrogens (tertiary/aromatic N) is 2. The number of rotatable bonds is 7. The number of fused-ring (bicyclic) bond motifs is 1. The summed E-state index contributed by atoms with van der Waals surface area (Å²) in [5.41, 5.74) is 0.731. The van der Waals surface area contributed by atoms with Gasteiger partial charge < -0.3 is 14.6 Å². The number of esters is 1. The number of pyridine rings is 1. The first-order chi connectivity index (χ1) is 13.5. The van der Waals surface area contributed by atoms with Crippen molar-refractivity contribution < 1.29 is 29.0 Å². The summed E-state index contributed by atoms with van der Waals surface area (Å²) < 4.78 is 10.7. The fourth-order valence-electron chi connectivity index (χ4n) is 3.09. The molecule has 1 aromatic heterocycles. The molecule has 0 radical (unpaired) electrons. The van der Waals surface area contributed by atoms with E-state index in [2.05, 4.69) is 11.6 Å². The van der Waals surface area contributed by atoms with Crippen molar-refractivity contribution in [3.8, 4) is 0 Å². The lowest BCUT2D eigenvalue weighted by molar-refractivity contribution is -0.204. The first-order valence-corrected chi connectivity index (χ1v) is 8.72. The Labute approximate surface area is 161 Å². The van der Waals surface area contributed by atoms with Gasteiger partial charge in [-0.25, -0.2) is 4.79 Å². The lowest BCUT2D eigenvalue weighted by atomic mass is 9.87. The smallest absolute Gasteiger partial charge is 0.355 e. The second-order valence-corrected chi connectivity index (χ2v) is 6.38. The number of allylic oxidation sites excluding steroid dienone is 1.